The minimum Gasteiger partial charge on any atom is -0.488 e. The minimum absolute atomic E-state index is 0.0372. The average molecular weight is 926 g/mol. The molecular formula is C52H61N8O8. The number of hydrogen-bond donors (Lipinski definition) is 5. The molecule has 0 bridgehead atoms. The van der Waals surface area contributed by atoms with Gasteiger partial charge in [0.2, 0.25) is 5.91 Å². The Balaban J connectivity index is 0.00000150. The van der Waals surface area contributed by atoms with E-state index in [0.717, 1.165) is 61.9 Å². The number of nitrogens with one attached hydrogen (secondary N) is 4. The van der Waals surface area contributed by atoms with E-state index in [0.29, 0.717) is 49.9 Å². The molecule has 2 aromatic heterocycles. The van der Waals surface area contributed by atoms with Crippen LogP contribution in [-0.2, 0) is 25.7 Å². The minimum atomic E-state index is -1.28. The molecule has 357 valence electrons. The number of amides is 4. The number of H-pyrrole nitrogens is 2. The topological polar surface area (TPSA) is 204 Å². The molecule has 16 nitrogen and oxygen atoms in total. The Morgan fingerprint density at radius 1 is 0.868 bits per heavy atom. The summed E-state index contributed by atoms with van der Waals surface area (Å²) in [6.07, 6.45) is 1.18. The summed E-state index contributed by atoms with van der Waals surface area (Å²) >= 11 is 0. The number of likely N-dealkylation sites (tertiary alicyclic amines) is 2. The van der Waals surface area contributed by atoms with Crippen LogP contribution in [0.3, 0.4) is 0 Å². The molecule has 4 amide bonds. The molecule has 6 aromatic rings. The number of ether oxygens (including phenoxy) is 3. The summed E-state index contributed by atoms with van der Waals surface area (Å²) in [5.41, 5.74) is 6.93. The lowest BCUT2D eigenvalue weighted by molar-refractivity contribution is -0.136. The maximum atomic E-state index is 14.1. The fourth-order valence-electron chi connectivity index (χ4n) is 9.72. The van der Waals surface area contributed by atoms with Gasteiger partial charge < -0.3 is 49.7 Å². The Hall–Kier alpha value is -6.94. The van der Waals surface area contributed by atoms with Gasteiger partial charge in [0.05, 0.1) is 48.7 Å². The van der Waals surface area contributed by atoms with Gasteiger partial charge in [0, 0.05) is 37.1 Å². The van der Waals surface area contributed by atoms with Gasteiger partial charge in [-0.05, 0) is 82.5 Å². The zero-order chi connectivity index (χ0) is 48.4. The van der Waals surface area contributed by atoms with E-state index in [2.05, 4.69) is 78.6 Å². The third kappa shape index (κ3) is 9.87. The van der Waals surface area contributed by atoms with Gasteiger partial charge in [0.25, 0.3) is 5.91 Å². The maximum Gasteiger partial charge on any atom is 0.407 e. The van der Waals surface area contributed by atoms with Crippen LogP contribution in [0, 0.1) is 23.7 Å². The Labute approximate surface area is 396 Å². The first kappa shape index (κ1) is 47.5. The summed E-state index contributed by atoms with van der Waals surface area (Å²) < 4.78 is 16.7. The Bertz CT molecular complexity index is 2800. The molecule has 3 aliphatic heterocycles. The van der Waals surface area contributed by atoms with E-state index in [-0.39, 0.29) is 35.6 Å². The second kappa shape index (κ2) is 20.1. The van der Waals surface area contributed by atoms with Crippen LogP contribution in [0.2, 0.25) is 0 Å². The average Bonchev–Trinajstić information content (AvgIpc) is 4.15. The van der Waals surface area contributed by atoms with Crippen LogP contribution in [-0.4, -0.2) is 98.8 Å². The van der Waals surface area contributed by atoms with E-state index in [1.54, 1.807) is 42.5 Å². The molecule has 3 aliphatic rings. The number of benzene rings is 4. The van der Waals surface area contributed by atoms with Gasteiger partial charge in [0.15, 0.2) is 0 Å². The molecule has 1 radical (unpaired) electrons. The predicted octanol–water partition coefficient (Wildman–Crippen LogP) is 9.12. The molecule has 0 saturated carbocycles. The number of carbonyl (C=O) groups excluding carboxylic acids is 3. The van der Waals surface area contributed by atoms with Crippen LogP contribution < -0.4 is 15.4 Å². The fourth-order valence-corrected chi connectivity index (χ4v) is 9.72. The zero-order valence-corrected chi connectivity index (χ0v) is 39.9. The Morgan fingerprint density at radius 2 is 1.60 bits per heavy atom. The molecular weight excluding hydrogens is 865 g/mol. The van der Waals surface area contributed by atoms with Gasteiger partial charge in [-0.15, -0.1) is 0 Å². The molecule has 0 aliphatic carbocycles. The molecule has 4 aromatic carbocycles. The molecule has 0 unspecified atom stereocenters. The maximum absolute atomic E-state index is 14.1. The number of aromatic amines is 2. The van der Waals surface area contributed by atoms with Crippen molar-refractivity contribution < 1.29 is 38.5 Å². The smallest absolute Gasteiger partial charge is 0.407 e. The standard InChI is InChI=1S/C48H52N8O8.C4H9/c1-25(2)40(54-48(61)63-5)45(57)55-21-26(3)15-37(55)44-50-35-14-12-29-18-34-32-13-11-30(17-31(32)24-64-39(34)19-33(29)42(35)52-44)36-20-49-43(51-36)38-16-27(23-62-4)22-56(38)46(58)41(53-47(59)60)28-9-7-6-8-10-28;1-4(2)3/h6-14,17-20,25-27,37-38,40-41,53H,15-16,21-24H2,1-5H3,(H,49,51)(H,50,52)(H,54,61)(H,59,60);1-3H3/t26-,27-,37-,38-,40-,41+;/m0./s1. The molecule has 9 rings (SSSR count). The molecule has 0 spiro atoms. The molecule has 5 heterocycles. The van der Waals surface area contributed by atoms with Crippen molar-refractivity contribution in [3.63, 3.8) is 0 Å². The van der Waals surface area contributed by atoms with Gasteiger partial charge in [-0.1, -0.05) is 90.1 Å². The number of rotatable bonds is 11. The second-order valence-electron chi connectivity index (χ2n) is 19.1. The number of aromatic nitrogens is 4. The zero-order valence-electron chi connectivity index (χ0n) is 39.9. The summed E-state index contributed by atoms with van der Waals surface area (Å²) in [5, 5.41) is 16.8. The van der Waals surface area contributed by atoms with Crippen molar-refractivity contribution in [2.75, 3.05) is 33.9 Å². The van der Waals surface area contributed by atoms with Crippen LogP contribution in [0.25, 0.3) is 44.2 Å². The van der Waals surface area contributed by atoms with Crippen molar-refractivity contribution in [2.45, 2.75) is 85.2 Å². The molecule has 2 fully saturated rings. The molecule has 16 heteroatoms. The summed E-state index contributed by atoms with van der Waals surface area (Å²) in [5.74, 6) is 3.11. The lowest BCUT2D eigenvalue weighted by atomic mass is 9.92. The van der Waals surface area contributed by atoms with Crippen molar-refractivity contribution in [1.82, 2.24) is 40.4 Å². The highest BCUT2D eigenvalue weighted by atomic mass is 16.5. The summed E-state index contributed by atoms with van der Waals surface area (Å²) in [7, 11) is 2.92. The first-order chi connectivity index (χ1) is 32.6. The summed E-state index contributed by atoms with van der Waals surface area (Å²) in [6, 6.07) is 20.8. The van der Waals surface area contributed by atoms with E-state index >= 15 is 0 Å². The van der Waals surface area contributed by atoms with Crippen LogP contribution in [0.5, 0.6) is 5.75 Å². The SMILES string of the molecule is COC[C@H]1C[C@@H](c2ncc(-c3ccc4c(c3)COc3cc5c(ccc6nc([C@@H]7C[C@H](C)CN7C(=O)[C@@H](NC(=O)OC)C(C)C)[nH]c65)cc3-4)[nH]2)N(C(=O)[C@H](NC(=O)O)c2ccccc2)C1.C[C](C)C. The highest BCUT2D eigenvalue weighted by molar-refractivity contribution is 6.07. The number of carboxylic acid groups (broad SMARTS) is 1. The van der Waals surface area contributed by atoms with E-state index < -0.39 is 30.3 Å². The lowest BCUT2D eigenvalue weighted by Crippen LogP contribution is -2.51. The Morgan fingerprint density at radius 3 is 2.31 bits per heavy atom. The van der Waals surface area contributed by atoms with Crippen molar-refractivity contribution in [3.05, 3.63) is 108 Å². The quantitative estimate of drug-likeness (QED) is 0.0834. The molecule has 5 N–H and O–H groups in total. The van der Waals surface area contributed by atoms with E-state index in [4.69, 9.17) is 24.2 Å². The van der Waals surface area contributed by atoms with Crippen LogP contribution in [0.1, 0.15) is 95.3 Å². The van der Waals surface area contributed by atoms with E-state index in [1.807, 2.05) is 36.9 Å². The number of fused-ring (bicyclic) bond motifs is 6. The summed E-state index contributed by atoms with van der Waals surface area (Å²) in [4.78, 5) is 72.4. The largest absolute Gasteiger partial charge is 0.488 e. The third-order valence-corrected chi connectivity index (χ3v) is 12.8. The van der Waals surface area contributed by atoms with Crippen molar-refractivity contribution in [3.8, 4) is 28.1 Å². The normalized spacial score (nSPS) is 19.5. The van der Waals surface area contributed by atoms with Crippen LogP contribution >= 0.6 is 0 Å². The molecule has 2 saturated heterocycles. The van der Waals surface area contributed by atoms with Gasteiger partial charge in [-0.3, -0.25) is 9.59 Å². The number of carbonyl (C=O) groups is 4. The fraction of sp³-hybridized carbons (Fsp3) is 0.404. The third-order valence-electron chi connectivity index (χ3n) is 12.8. The lowest BCUT2D eigenvalue weighted by Gasteiger charge is -2.30. The van der Waals surface area contributed by atoms with Crippen LogP contribution in [0.4, 0.5) is 9.59 Å². The number of imidazole rings is 2. The van der Waals surface area contributed by atoms with E-state index in [9.17, 15) is 24.3 Å². The van der Waals surface area contributed by atoms with Crippen molar-refractivity contribution in [2.24, 2.45) is 17.8 Å². The van der Waals surface area contributed by atoms with Crippen LogP contribution in [0.15, 0.2) is 79.0 Å². The van der Waals surface area contributed by atoms with Gasteiger partial charge in [-0.2, -0.15) is 0 Å². The summed E-state index contributed by atoms with van der Waals surface area (Å²) in [6.45, 7) is 13.9. The number of hydrogen-bond acceptors (Lipinski definition) is 9. The second-order valence-corrected chi connectivity index (χ2v) is 19.1. The predicted molar refractivity (Wildman–Crippen MR) is 258 cm³/mol. The Kier molecular flexibility index (Phi) is 14.1. The van der Waals surface area contributed by atoms with E-state index in [1.165, 1.54) is 13.0 Å². The molecule has 68 heavy (non-hydrogen) atoms. The van der Waals surface area contributed by atoms with Crippen molar-refractivity contribution in [1.29, 1.82) is 0 Å². The first-order valence-electron chi connectivity index (χ1n) is 23.2. The van der Waals surface area contributed by atoms with Crippen molar-refractivity contribution >= 4 is 45.8 Å². The number of nitrogens with zero attached hydrogens (tertiary/aromatic N) is 4. The number of methoxy groups -OCH3 is 2. The highest BCUT2D eigenvalue weighted by Crippen LogP contribution is 2.44. The van der Waals surface area contributed by atoms with Gasteiger partial charge >= 0.3 is 12.2 Å². The van der Waals surface area contributed by atoms with Gasteiger partial charge in [-0.25, -0.2) is 19.6 Å². The first-order valence-corrected chi connectivity index (χ1v) is 23.2. The number of alkyl carbamates (subject to hydrolysis) is 1. The monoisotopic (exact) mass is 925 g/mol. The van der Waals surface area contributed by atoms with Gasteiger partial charge in [0.1, 0.15) is 36.1 Å². The molecule has 6 atom stereocenters. The highest BCUT2D eigenvalue weighted by Gasteiger charge is 2.42.